The molecule has 1 aliphatic heterocycles. The number of nitrogens with zero attached hydrogens (tertiary/aromatic N) is 1. The van der Waals surface area contributed by atoms with Gasteiger partial charge < -0.3 is 21.1 Å². The molecule has 0 unspecified atom stereocenters. The van der Waals surface area contributed by atoms with E-state index in [1.54, 1.807) is 7.11 Å². The Kier molecular flexibility index (Phi) is 2.88. The highest BCUT2D eigenvalue weighted by molar-refractivity contribution is 5.88. The first-order chi connectivity index (χ1) is 5.75. The molecule has 0 saturated carbocycles. The zero-order valence-corrected chi connectivity index (χ0v) is 7.25. The fourth-order valence-electron chi connectivity index (χ4n) is 1.38. The molecule has 0 aliphatic carbocycles. The Balaban J connectivity index is 2.73. The molecule has 0 aromatic heterocycles. The quantitative estimate of drug-likeness (QED) is 0.253. The summed E-state index contributed by atoms with van der Waals surface area (Å²) in [6.07, 6.45) is 1.44. The number of rotatable bonds is 2. The molecule has 70 valence electrons. The lowest BCUT2D eigenvalue weighted by Crippen LogP contribution is -2.50. The van der Waals surface area contributed by atoms with Gasteiger partial charge in [0.1, 0.15) is 5.60 Å². The fourth-order valence-corrected chi connectivity index (χ4v) is 1.38. The van der Waals surface area contributed by atoms with Crippen LogP contribution in [0.15, 0.2) is 5.10 Å². The van der Waals surface area contributed by atoms with Gasteiger partial charge in [-0.05, 0) is 0 Å². The van der Waals surface area contributed by atoms with Crippen molar-refractivity contribution in [2.75, 3.05) is 20.3 Å². The van der Waals surface area contributed by atoms with Crippen LogP contribution in [-0.2, 0) is 9.47 Å². The third-order valence-corrected chi connectivity index (χ3v) is 2.30. The summed E-state index contributed by atoms with van der Waals surface area (Å²) < 4.78 is 10.5. The van der Waals surface area contributed by atoms with E-state index < -0.39 is 5.60 Å². The van der Waals surface area contributed by atoms with Crippen LogP contribution in [0.1, 0.15) is 12.8 Å². The lowest BCUT2D eigenvalue weighted by Gasteiger charge is -2.34. The fraction of sp³-hybridized carbons (Fsp3) is 0.857. The van der Waals surface area contributed by atoms with Crippen molar-refractivity contribution >= 4 is 5.84 Å². The average Bonchev–Trinajstić information content (AvgIpc) is 2.17. The van der Waals surface area contributed by atoms with Crippen molar-refractivity contribution in [3.8, 4) is 0 Å². The first-order valence-corrected chi connectivity index (χ1v) is 3.92. The molecule has 4 N–H and O–H groups in total. The van der Waals surface area contributed by atoms with Gasteiger partial charge in [0, 0.05) is 33.2 Å². The minimum atomic E-state index is -0.493. The van der Waals surface area contributed by atoms with Crippen molar-refractivity contribution in [1.82, 2.24) is 0 Å². The van der Waals surface area contributed by atoms with Crippen molar-refractivity contribution < 1.29 is 9.47 Å². The van der Waals surface area contributed by atoms with E-state index in [0.29, 0.717) is 19.0 Å². The standard InChI is InChI=1S/C7H15N3O2/c1-11-7(6(8)10-9)2-4-12-5-3-7/h2-5,9H2,1H3,(H2,8,10). The van der Waals surface area contributed by atoms with Crippen molar-refractivity contribution in [3.05, 3.63) is 0 Å². The normalized spacial score (nSPS) is 23.9. The van der Waals surface area contributed by atoms with Crippen LogP contribution in [0.25, 0.3) is 0 Å². The number of hydrazone groups is 1. The van der Waals surface area contributed by atoms with E-state index in [4.69, 9.17) is 21.1 Å². The Morgan fingerprint density at radius 2 is 2.08 bits per heavy atom. The van der Waals surface area contributed by atoms with E-state index in [9.17, 15) is 0 Å². The first kappa shape index (κ1) is 9.28. The van der Waals surface area contributed by atoms with Crippen LogP contribution in [0.3, 0.4) is 0 Å². The van der Waals surface area contributed by atoms with Crippen LogP contribution in [-0.4, -0.2) is 31.8 Å². The second kappa shape index (κ2) is 3.73. The number of hydrogen-bond acceptors (Lipinski definition) is 4. The van der Waals surface area contributed by atoms with Crippen molar-refractivity contribution in [1.29, 1.82) is 0 Å². The van der Waals surface area contributed by atoms with E-state index in [2.05, 4.69) is 5.10 Å². The maximum Gasteiger partial charge on any atom is 0.151 e. The maximum absolute atomic E-state index is 5.64. The first-order valence-electron chi connectivity index (χ1n) is 3.92. The van der Waals surface area contributed by atoms with Crippen molar-refractivity contribution in [3.63, 3.8) is 0 Å². The van der Waals surface area contributed by atoms with Gasteiger partial charge >= 0.3 is 0 Å². The van der Waals surface area contributed by atoms with Crippen LogP contribution in [0, 0.1) is 0 Å². The van der Waals surface area contributed by atoms with Crippen LogP contribution < -0.4 is 11.6 Å². The van der Waals surface area contributed by atoms with Gasteiger partial charge in [-0.3, -0.25) is 0 Å². The Hall–Kier alpha value is -0.810. The molecule has 5 nitrogen and oxygen atoms in total. The molecule has 1 rings (SSSR count). The number of ether oxygens (including phenoxy) is 2. The Morgan fingerprint density at radius 3 is 2.50 bits per heavy atom. The molecule has 1 fully saturated rings. The molecule has 0 bridgehead atoms. The Morgan fingerprint density at radius 1 is 1.50 bits per heavy atom. The lowest BCUT2D eigenvalue weighted by atomic mass is 9.93. The Bertz CT molecular complexity index is 175. The summed E-state index contributed by atoms with van der Waals surface area (Å²) in [5.41, 5.74) is 5.14. The van der Waals surface area contributed by atoms with Crippen molar-refractivity contribution in [2.24, 2.45) is 16.7 Å². The SMILES string of the molecule is COC1(/C(N)=N/N)CCOCC1. The van der Waals surface area contributed by atoms with Gasteiger partial charge in [-0.25, -0.2) is 0 Å². The molecular weight excluding hydrogens is 158 g/mol. The third kappa shape index (κ3) is 1.51. The predicted molar refractivity (Wildman–Crippen MR) is 45.6 cm³/mol. The van der Waals surface area contributed by atoms with Gasteiger partial charge in [0.15, 0.2) is 5.84 Å². The highest BCUT2D eigenvalue weighted by Gasteiger charge is 2.36. The molecule has 1 heterocycles. The zero-order chi connectivity index (χ0) is 9.03. The van der Waals surface area contributed by atoms with E-state index in [0.717, 1.165) is 12.8 Å². The summed E-state index contributed by atoms with van der Waals surface area (Å²) in [6.45, 7) is 1.29. The van der Waals surface area contributed by atoms with Gasteiger partial charge in [-0.1, -0.05) is 0 Å². The maximum atomic E-state index is 5.64. The van der Waals surface area contributed by atoms with Crippen LogP contribution in [0.5, 0.6) is 0 Å². The monoisotopic (exact) mass is 173 g/mol. The molecule has 1 saturated heterocycles. The zero-order valence-electron chi connectivity index (χ0n) is 7.25. The van der Waals surface area contributed by atoms with Gasteiger partial charge in [-0.15, -0.1) is 0 Å². The van der Waals surface area contributed by atoms with Gasteiger partial charge in [0.05, 0.1) is 0 Å². The number of nitrogens with two attached hydrogens (primary N) is 2. The van der Waals surface area contributed by atoms with E-state index in [-0.39, 0.29) is 0 Å². The van der Waals surface area contributed by atoms with Crippen LogP contribution in [0.4, 0.5) is 0 Å². The second-order valence-corrected chi connectivity index (χ2v) is 2.83. The van der Waals surface area contributed by atoms with E-state index in [1.807, 2.05) is 0 Å². The molecular formula is C7H15N3O2. The summed E-state index contributed by atoms with van der Waals surface area (Å²) in [7, 11) is 1.61. The minimum absolute atomic E-state index is 0.355. The molecule has 0 amide bonds. The highest BCUT2D eigenvalue weighted by Crippen LogP contribution is 2.24. The van der Waals surface area contributed by atoms with Crippen molar-refractivity contribution in [2.45, 2.75) is 18.4 Å². The molecule has 0 aromatic carbocycles. The smallest absolute Gasteiger partial charge is 0.151 e. The predicted octanol–water partition coefficient (Wildman–Crippen LogP) is -0.587. The highest BCUT2D eigenvalue weighted by atomic mass is 16.5. The summed E-state index contributed by atoms with van der Waals surface area (Å²) >= 11 is 0. The summed E-state index contributed by atoms with van der Waals surface area (Å²) in [4.78, 5) is 0. The van der Waals surface area contributed by atoms with Gasteiger partial charge in [0.2, 0.25) is 0 Å². The molecule has 5 heteroatoms. The molecule has 0 radical (unpaired) electrons. The molecule has 1 aliphatic rings. The average molecular weight is 173 g/mol. The topological polar surface area (TPSA) is 82.9 Å². The summed E-state index contributed by atoms with van der Waals surface area (Å²) in [5, 5.41) is 3.47. The summed E-state index contributed by atoms with van der Waals surface area (Å²) in [5.74, 6) is 5.46. The lowest BCUT2D eigenvalue weighted by molar-refractivity contribution is -0.0468. The largest absolute Gasteiger partial charge is 0.383 e. The molecule has 0 aromatic rings. The molecule has 12 heavy (non-hydrogen) atoms. The third-order valence-electron chi connectivity index (χ3n) is 2.30. The summed E-state index contributed by atoms with van der Waals surface area (Å²) in [6, 6.07) is 0. The number of hydrogen-bond donors (Lipinski definition) is 2. The second-order valence-electron chi connectivity index (χ2n) is 2.83. The Labute approximate surface area is 71.7 Å². The van der Waals surface area contributed by atoms with Gasteiger partial charge in [0.25, 0.3) is 0 Å². The van der Waals surface area contributed by atoms with E-state index >= 15 is 0 Å². The van der Waals surface area contributed by atoms with Crippen LogP contribution in [0.2, 0.25) is 0 Å². The van der Waals surface area contributed by atoms with Gasteiger partial charge in [-0.2, -0.15) is 5.10 Å². The minimum Gasteiger partial charge on any atom is -0.383 e. The van der Waals surface area contributed by atoms with Crippen LogP contribution >= 0.6 is 0 Å². The number of amidine groups is 1. The van der Waals surface area contributed by atoms with E-state index in [1.165, 1.54) is 0 Å². The molecule has 0 spiro atoms. The number of methoxy groups -OCH3 is 1. The molecule has 0 atom stereocenters.